The summed E-state index contributed by atoms with van der Waals surface area (Å²) in [6, 6.07) is 1.96. The van der Waals surface area contributed by atoms with Crippen molar-refractivity contribution in [1.82, 2.24) is 19.7 Å². The molecule has 0 aliphatic rings. The van der Waals surface area contributed by atoms with Crippen LogP contribution >= 0.6 is 11.6 Å². The van der Waals surface area contributed by atoms with Crippen LogP contribution in [-0.2, 0) is 0 Å². The Balaban J connectivity index is 2.53. The van der Waals surface area contributed by atoms with Crippen LogP contribution in [-0.4, -0.2) is 19.7 Å². The van der Waals surface area contributed by atoms with Crippen LogP contribution in [0.25, 0.3) is 5.69 Å². The van der Waals surface area contributed by atoms with E-state index in [1.54, 1.807) is 23.3 Å². The highest BCUT2D eigenvalue weighted by atomic mass is 35.5. The van der Waals surface area contributed by atoms with E-state index in [4.69, 9.17) is 11.6 Å². The summed E-state index contributed by atoms with van der Waals surface area (Å²) in [6.45, 7) is 1.97. The van der Waals surface area contributed by atoms with Crippen LogP contribution in [0.2, 0.25) is 5.28 Å². The number of rotatable bonds is 1. The molecule has 2 aromatic heterocycles. The van der Waals surface area contributed by atoms with E-state index in [2.05, 4.69) is 15.2 Å². The van der Waals surface area contributed by atoms with E-state index in [-0.39, 0.29) is 0 Å². The summed E-state index contributed by atoms with van der Waals surface area (Å²) in [5.74, 6) is 0. The Morgan fingerprint density at radius 1 is 1.38 bits per heavy atom. The molecule has 5 heteroatoms. The van der Waals surface area contributed by atoms with Gasteiger partial charge in [-0.25, -0.2) is 0 Å². The van der Waals surface area contributed by atoms with E-state index in [1.165, 1.54) is 0 Å². The Hall–Kier alpha value is -1.42. The Morgan fingerprint density at radius 2 is 2.23 bits per heavy atom. The number of hydrogen-bond acceptors (Lipinski definition) is 3. The molecular formula is C8H7ClN4. The van der Waals surface area contributed by atoms with Crippen LogP contribution in [0.5, 0.6) is 0 Å². The third-order valence-electron chi connectivity index (χ3n) is 1.64. The third-order valence-corrected chi connectivity index (χ3v) is 1.90. The molecule has 0 N–H and O–H groups in total. The molecule has 0 atom stereocenters. The van der Waals surface area contributed by atoms with Gasteiger partial charge in [0.2, 0.25) is 5.28 Å². The van der Waals surface area contributed by atoms with E-state index in [0.29, 0.717) is 5.28 Å². The Labute approximate surface area is 80.2 Å². The van der Waals surface area contributed by atoms with Gasteiger partial charge in [-0.1, -0.05) is 0 Å². The lowest BCUT2D eigenvalue weighted by atomic mass is 10.3. The Bertz CT molecular complexity index is 424. The van der Waals surface area contributed by atoms with Crippen molar-refractivity contribution in [3.8, 4) is 5.69 Å². The van der Waals surface area contributed by atoms with Gasteiger partial charge in [0.15, 0.2) is 0 Å². The normalized spacial score (nSPS) is 10.3. The van der Waals surface area contributed by atoms with Crippen molar-refractivity contribution < 1.29 is 0 Å². The van der Waals surface area contributed by atoms with Gasteiger partial charge in [-0.05, 0) is 30.2 Å². The lowest BCUT2D eigenvalue weighted by Gasteiger charge is -2.01. The Morgan fingerprint density at radius 3 is 2.85 bits per heavy atom. The molecule has 0 spiro atoms. The fraction of sp³-hybridized carbons (Fsp3) is 0.125. The number of aryl methyl sites for hydroxylation is 1. The maximum absolute atomic E-state index is 5.79. The van der Waals surface area contributed by atoms with Crippen LogP contribution in [0.4, 0.5) is 0 Å². The first kappa shape index (κ1) is 8.19. The zero-order valence-electron chi connectivity index (χ0n) is 6.98. The van der Waals surface area contributed by atoms with Crippen molar-refractivity contribution in [2.75, 3.05) is 0 Å². The highest BCUT2D eigenvalue weighted by Crippen LogP contribution is 2.12. The number of aromatic nitrogens is 4. The summed E-state index contributed by atoms with van der Waals surface area (Å²) >= 11 is 5.79. The first-order chi connectivity index (χ1) is 6.27. The molecular weight excluding hydrogens is 188 g/mol. The Kier molecular flexibility index (Phi) is 1.98. The summed E-state index contributed by atoms with van der Waals surface area (Å²) in [7, 11) is 0. The van der Waals surface area contributed by atoms with E-state index >= 15 is 0 Å². The molecule has 66 valence electrons. The van der Waals surface area contributed by atoms with Gasteiger partial charge in [-0.2, -0.15) is 0 Å². The van der Waals surface area contributed by atoms with E-state index in [9.17, 15) is 0 Å². The van der Waals surface area contributed by atoms with Gasteiger partial charge in [0, 0.05) is 6.20 Å². The second kappa shape index (κ2) is 3.14. The lowest BCUT2D eigenvalue weighted by molar-refractivity contribution is 1.03. The van der Waals surface area contributed by atoms with Gasteiger partial charge in [0.1, 0.15) is 6.33 Å². The molecule has 0 fully saturated rings. The van der Waals surface area contributed by atoms with Crippen LogP contribution in [0, 0.1) is 6.92 Å². The van der Waals surface area contributed by atoms with Crippen molar-refractivity contribution in [3.05, 3.63) is 35.6 Å². The average molecular weight is 195 g/mol. The number of halogens is 1. The van der Waals surface area contributed by atoms with Crippen molar-refractivity contribution in [2.45, 2.75) is 6.92 Å². The first-order valence-corrected chi connectivity index (χ1v) is 4.13. The molecule has 2 heterocycles. The largest absolute Gasteiger partial charge is 0.271 e. The zero-order valence-corrected chi connectivity index (χ0v) is 7.73. The molecule has 0 amide bonds. The standard InChI is InChI=1S/C8H7ClN4/c1-6-2-7(4-10-3-6)13-5-11-12-8(13)9/h2-5H,1H3. The SMILES string of the molecule is Cc1cncc(-n2cnnc2Cl)c1. The molecule has 0 unspecified atom stereocenters. The minimum atomic E-state index is 0.340. The number of nitrogens with zero attached hydrogens (tertiary/aromatic N) is 4. The van der Waals surface area contributed by atoms with Gasteiger partial charge in [-0.3, -0.25) is 9.55 Å². The lowest BCUT2D eigenvalue weighted by Crippen LogP contribution is -1.93. The minimum Gasteiger partial charge on any atom is -0.271 e. The molecule has 0 bridgehead atoms. The second-order valence-electron chi connectivity index (χ2n) is 2.69. The maximum atomic E-state index is 5.79. The van der Waals surface area contributed by atoms with Crippen molar-refractivity contribution >= 4 is 11.6 Å². The van der Waals surface area contributed by atoms with Crippen molar-refractivity contribution in [3.63, 3.8) is 0 Å². The second-order valence-corrected chi connectivity index (χ2v) is 3.03. The van der Waals surface area contributed by atoms with Crippen LogP contribution in [0.15, 0.2) is 24.8 Å². The predicted molar refractivity (Wildman–Crippen MR) is 48.9 cm³/mol. The van der Waals surface area contributed by atoms with Gasteiger partial charge in [0.25, 0.3) is 0 Å². The minimum absolute atomic E-state index is 0.340. The summed E-state index contributed by atoms with van der Waals surface area (Å²) in [4.78, 5) is 4.05. The van der Waals surface area contributed by atoms with E-state index in [0.717, 1.165) is 11.3 Å². The molecule has 13 heavy (non-hydrogen) atoms. The highest BCUT2D eigenvalue weighted by molar-refractivity contribution is 6.28. The van der Waals surface area contributed by atoms with Crippen molar-refractivity contribution in [2.24, 2.45) is 0 Å². The monoisotopic (exact) mass is 194 g/mol. The van der Waals surface area contributed by atoms with Crippen LogP contribution in [0.3, 0.4) is 0 Å². The molecule has 0 saturated carbocycles. The molecule has 2 aromatic rings. The average Bonchev–Trinajstić information content (AvgIpc) is 2.51. The molecule has 2 rings (SSSR count). The van der Waals surface area contributed by atoms with Crippen molar-refractivity contribution in [1.29, 1.82) is 0 Å². The summed E-state index contributed by atoms with van der Waals surface area (Å²) in [5, 5.41) is 7.69. The van der Waals surface area contributed by atoms with Crippen LogP contribution in [0.1, 0.15) is 5.56 Å². The third kappa shape index (κ3) is 1.53. The van der Waals surface area contributed by atoms with Gasteiger partial charge >= 0.3 is 0 Å². The van der Waals surface area contributed by atoms with Crippen LogP contribution < -0.4 is 0 Å². The van der Waals surface area contributed by atoms with Gasteiger partial charge < -0.3 is 0 Å². The fourth-order valence-corrected chi connectivity index (χ4v) is 1.25. The molecule has 0 aliphatic heterocycles. The number of pyridine rings is 1. The zero-order chi connectivity index (χ0) is 9.26. The van der Waals surface area contributed by atoms with E-state index < -0.39 is 0 Å². The predicted octanol–water partition coefficient (Wildman–Crippen LogP) is 1.62. The topological polar surface area (TPSA) is 43.6 Å². The number of hydrogen-bond donors (Lipinski definition) is 0. The molecule has 0 radical (unpaired) electrons. The van der Waals surface area contributed by atoms with Gasteiger partial charge in [-0.15, -0.1) is 10.2 Å². The fourth-order valence-electron chi connectivity index (χ4n) is 1.06. The molecule has 0 saturated heterocycles. The first-order valence-electron chi connectivity index (χ1n) is 3.75. The molecule has 4 nitrogen and oxygen atoms in total. The summed E-state index contributed by atoms with van der Waals surface area (Å²) in [5.41, 5.74) is 1.94. The maximum Gasteiger partial charge on any atom is 0.229 e. The summed E-state index contributed by atoms with van der Waals surface area (Å²) < 4.78 is 1.67. The summed E-state index contributed by atoms with van der Waals surface area (Å²) in [6.07, 6.45) is 5.04. The van der Waals surface area contributed by atoms with Gasteiger partial charge in [0.05, 0.1) is 11.9 Å². The molecule has 0 aliphatic carbocycles. The quantitative estimate of drug-likeness (QED) is 0.693. The van der Waals surface area contributed by atoms with E-state index in [1.807, 2.05) is 13.0 Å². The molecule has 0 aromatic carbocycles. The smallest absolute Gasteiger partial charge is 0.229 e. The highest BCUT2D eigenvalue weighted by Gasteiger charge is 2.02.